The lowest BCUT2D eigenvalue weighted by Crippen LogP contribution is -2.34. The molecule has 2 aromatic carbocycles. The van der Waals surface area contributed by atoms with Gasteiger partial charge in [0.1, 0.15) is 5.75 Å². The molecule has 0 bridgehead atoms. The number of nitrogens with one attached hydrogen (secondary N) is 1. The Morgan fingerprint density at radius 2 is 1.69 bits per heavy atom. The largest absolute Gasteiger partial charge is 0.493 e. The van der Waals surface area contributed by atoms with E-state index in [2.05, 4.69) is 5.32 Å². The van der Waals surface area contributed by atoms with E-state index in [0.717, 1.165) is 5.56 Å². The van der Waals surface area contributed by atoms with E-state index in [-0.39, 0.29) is 30.1 Å². The highest BCUT2D eigenvalue weighted by Crippen LogP contribution is 2.29. The van der Waals surface area contributed by atoms with Crippen LogP contribution < -0.4 is 19.5 Å². The normalized spacial score (nSPS) is 10.7. The minimum absolute atomic E-state index is 0.102. The van der Waals surface area contributed by atoms with Gasteiger partial charge in [0.15, 0.2) is 24.7 Å². The second kappa shape index (κ2) is 12.6. The highest BCUT2D eigenvalue weighted by molar-refractivity contribution is 6.32. The lowest BCUT2D eigenvalue weighted by Gasteiger charge is -2.19. The second-order valence-electron chi connectivity index (χ2n) is 6.75. The Kier molecular flexibility index (Phi) is 9.88. The van der Waals surface area contributed by atoms with Gasteiger partial charge in [-0.05, 0) is 56.7 Å². The number of amides is 2. The highest BCUT2D eigenvalue weighted by Gasteiger charge is 2.13. The van der Waals surface area contributed by atoms with Gasteiger partial charge in [0, 0.05) is 18.8 Å². The van der Waals surface area contributed by atoms with Gasteiger partial charge in [-0.3, -0.25) is 9.59 Å². The minimum Gasteiger partial charge on any atom is -0.493 e. The van der Waals surface area contributed by atoms with E-state index < -0.39 is 0 Å². The fourth-order valence-electron chi connectivity index (χ4n) is 2.94. The van der Waals surface area contributed by atoms with E-state index >= 15 is 0 Å². The third kappa shape index (κ3) is 7.20. The molecule has 0 radical (unpaired) electrons. The van der Waals surface area contributed by atoms with Gasteiger partial charge in [0.25, 0.3) is 11.8 Å². The molecule has 1 N–H and O–H groups in total. The Balaban J connectivity index is 1.92. The predicted octanol–water partition coefficient (Wildman–Crippen LogP) is 4.65. The highest BCUT2D eigenvalue weighted by atomic mass is 35.5. The maximum atomic E-state index is 12.3. The topological polar surface area (TPSA) is 77.1 Å². The van der Waals surface area contributed by atoms with Crippen molar-refractivity contribution in [2.24, 2.45) is 0 Å². The lowest BCUT2D eigenvalue weighted by atomic mass is 10.2. The lowest BCUT2D eigenvalue weighted by molar-refractivity contribution is -0.133. The van der Waals surface area contributed by atoms with Crippen LogP contribution in [0.1, 0.15) is 26.3 Å². The van der Waals surface area contributed by atoms with Gasteiger partial charge >= 0.3 is 0 Å². The maximum absolute atomic E-state index is 12.3. The van der Waals surface area contributed by atoms with E-state index in [1.54, 1.807) is 36.3 Å². The Morgan fingerprint density at radius 3 is 2.31 bits per heavy atom. The monoisotopic (exact) mass is 460 g/mol. The second-order valence-corrected chi connectivity index (χ2v) is 7.15. The van der Waals surface area contributed by atoms with Crippen molar-refractivity contribution in [3.63, 3.8) is 0 Å². The minimum atomic E-state index is -0.356. The molecule has 0 aromatic heterocycles. The van der Waals surface area contributed by atoms with Crippen molar-refractivity contribution in [3.8, 4) is 17.2 Å². The first-order chi connectivity index (χ1) is 15.4. The molecular formula is C24H29ClN2O5. The number of hydrogen-bond donors (Lipinski definition) is 1. The van der Waals surface area contributed by atoms with Crippen molar-refractivity contribution in [2.75, 3.05) is 38.7 Å². The van der Waals surface area contributed by atoms with E-state index in [0.29, 0.717) is 36.0 Å². The van der Waals surface area contributed by atoms with Crippen LogP contribution in [-0.2, 0) is 9.59 Å². The molecule has 0 atom stereocenters. The smallest absolute Gasteiger partial charge is 0.262 e. The number of nitrogens with zero attached hydrogens (tertiary/aromatic N) is 1. The molecule has 2 rings (SSSR count). The van der Waals surface area contributed by atoms with E-state index in [4.69, 9.17) is 25.8 Å². The van der Waals surface area contributed by atoms with E-state index in [9.17, 15) is 9.59 Å². The SMILES string of the molecule is C/C=C/c1ccc(OCC(=O)Nc2ccc(OCC(=O)N(CC)CC)c(Cl)c2)c(OC)c1. The number of allylic oxidation sites excluding steroid dienone is 1. The molecule has 8 heteroatoms. The number of halogens is 1. The third-order valence-electron chi connectivity index (χ3n) is 4.59. The van der Waals surface area contributed by atoms with Crippen molar-refractivity contribution in [2.45, 2.75) is 20.8 Å². The summed E-state index contributed by atoms with van der Waals surface area (Å²) in [6.45, 7) is 6.67. The summed E-state index contributed by atoms with van der Waals surface area (Å²) in [5.41, 5.74) is 1.46. The van der Waals surface area contributed by atoms with Gasteiger partial charge in [-0.15, -0.1) is 0 Å². The molecule has 2 aromatic rings. The number of hydrogen-bond acceptors (Lipinski definition) is 5. The first-order valence-electron chi connectivity index (χ1n) is 10.3. The molecule has 0 heterocycles. The standard InChI is InChI=1S/C24H29ClN2O5/c1-5-8-17-9-11-21(22(13-17)30-4)31-15-23(28)26-18-10-12-20(19(25)14-18)32-16-24(29)27(6-2)7-3/h5,8-14H,6-7,15-16H2,1-4H3,(H,26,28)/b8-5+. The Hall–Kier alpha value is -3.19. The van der Waals surface area contributed by atoms with E-state index in [1.165, 1.54) is 0 Å². The molecular weight excluding hydrogens is 432 g/mol. The number of methoxy groups -OCH3 is 1. The molecule has 32 heavy (non-hydrogen) atoms. The number of rotatable bonds is 11. The molecule has 0 saturated heterocycles. The quantitative estimate of drug-likeness (QED) is 0.528. The van der Waals surface area contributed by atoms with Gasteiger partial charge in [0.05, 0.1) is 12.1 Å². The van der Waals surface area contributed by atoms with Crippen LogP contribution in [0.3, 0.4) is 0 Å². The first-order valence-corrected chi connectivity index (χ1v) is 10.7. The third-order valence-corrected chi connectivity index (χ3v) is 4.88. The Labute approximate surface area is 193 Å². The number of likely N-dealkylation sites (N-methyl/N-ethyl adjacent to an activating group) is 1. The summed E-state index contributed by atoms with van der Waals surface area (Å²) in [5.74, 6) is 0.904. The summed E-state index contributed by atoms with van der Waals surface area (Å²) in [6, 6.07) is 10.3. The summed E-state index contributed by atoms with van der Waals surface area (Å²) in [7, 11) is 1.54. The van der Waals surface area contributed by atoms with Crippen molar-refractivity contribution in [1.29, 1.82) is 0 Å². The summed E-state index contributed by atoms with van der Waals surface area (Å²) >= 11 is 6.24. The van der Waals surface area contributed by atoms with Crippen molar-refractivity contribution < 1.29 is 23.8 Å². The predicted molar refractivity (Wildman–Crippen MR) is 127 cm³/mol. The molecule has 0 fully saturated rings. The fraction of sp³-hybridized carbons (Fsp3) is 0.333. The molecule has 0 aliphatic carbocycles. The van der Waals surface area contributed by atoms with Crippen LogP contribution in [-0.4, -0.2) is 50.1 Å². The number of carbonyl (C=O) groups is 2. The summed E-state index contributed by atoms with van der Waals surface area (Å²) in [5, 5.41) is 3.01. The van der Waals surface area contributed by atoms with Crippen LogP contribution in [0.25, 0.3) is 6.08 Å². The van der Waals surface area contributed by atoms with E-state index in [1.807, 2.05) is 45.1 Å². The van der Waals surface area contributed by atoms with Gasteiger partial charge in [0.2, 0.25) is 0 Å². The number of ether oxygens (including phenoxy) is 3. The zero-order valence-corrected chi connectivity index (χ0v) is 19.6. The average molecular weight is 461 g/mol. The van der Waals surface area contributed by atoms with Crippen molar-refractivity contribution >= 4 is 35.2 Å². The summed E-state index contributed by atoms with van der Waals surface area (Å²) in [6.07, 6.45) is 3.86. The molecule has 0 aliphatic rings. The average Bonchev–Trinajstić information content (AvgIpc) is 2.78. The van der Waals surface area contributed by atoms with Crippen LogP contribution >= 0.6 is 11.6 Å². The molecule has 0 spiro atoms. The maximum Gasteiger partial charge on any atom is 0.262 e. The van der Waals surface area contributed by atoms with Gasteiger partial charge in [-0.1, -0.05) is 29.8 Å². The number of benzene rings is 2. The molecule has 7 nitrogen and oxygen atoms in total. The van der Waals surface area contributed by atoms with Crippen LogP contribution in [0, 0.1) is 0 Å². The van der Waals surface area contributed by atoms with Crippen LogP contribution in [0.2, 0.25) is 5.02 Å². The van der Waals surface area contributed by atoms with Crippen LogP contribution in [0.4, 0.5) is 5.69 Å². The summed E-state index contributed by atoms with van der Waals surface area (Å²) < 4.78 is 16.5. The van der Waals surface area contributed by atoms with Crippen LogP contribution in [0.5, 0.6) is 17.2 Å². The molecule has 0 aliphatic heterocycles. The molecule has 172 valence electrons. The Bertz CT molecular complexity index is 957. The zero-order valence-electron chi connectivity index (χ0n) is 18.8. The van der Waals surface area contributed by atoms with Crippen LogP contribution in [0.15, 0.2) is 42.5 Å². The van der Waals surface area contributed by atoms with Gasteiger partial charge < -0.3 is 24.4 Å². The van der Waals surface area contributed by atoms with Gasteiger partial charge in [-0.2, -0.15) is 0 Å². The van der Waals surface area contributed by atoms with Gasteiger partial charge in [-0.25, -0.2) is 0 Å². The molecule has 0 unspecified atom stereocenters. The molecule has 0 saturated carbocycles. The number of anilines is 1. The fourth-order valence-corrected chi connectivity index (χ4v) is 3.18. The first kappa shape index (κ1) is 25.1. The Morgan fingerprint density at radius 1 is 1.00 bits per heavy atom. The van der Waals surface area contributed by atoms with Crippen molar-refractivity contribution in [1.82, 2.24) is 4.90 Å². The van der Waals surface area contributed by atoms with Crippen molar-refractivity contribution in [3.05, 3.63) is 53.1 Å². The zero-order chi connectivity index (χ0) is 23.5. The number of carbonyl (C=O) groups excluding carboxylic acids is 2. The summed E-state index contributed by atoms with van der Waals surface area (Å²) in [4.78, 5) is 26.0. The molecule has 2 amide bonds.